The van der Waals surface area contributed by atoms with Gasteiger partial charge in [0.2, 0.25) is 0 Å². The van der Waals surface area contributed by atoms with Gasteiger partial charge in [0, 0.05) is 18.0 Å². The number of nitrogens with zero attached hydrogens (tertiary/aromatic N) is 2. The Morgan fingerprint density at radius 2 is 2.07 bits per heavy atom. The van der Waals surface area contributed by atoms with Crippen molar-refractivity contribution >= 4 is 11.0 Å². The minimum Gasteiger partial charge on any atom is -0.307 e. The first kappa shape index (κ1) is 8.71. The lowest BCUT2D eigenvalue weighted by atomic mass is 9.91. The van der Waals surface area contributed by atoms with Gasteiger partial charge in [-0.05, 0) is 31.2 Å². The summed E-state index contributed by atoms with van der Waals surface area (Å²) in [5.41, 5.74) is 3.11. The Morgan fingerprint density at radius 1 is 1.33 bits per heavy atom. The van der Waals surface area contributed by atoms with Crippen LogP contribution in [0.15, 0.2) is 11.0 Å². The van der Waals surface area contributed by atoms with Crippen molar-refractivity contribution in [3.8, 4) is 0 Å². The molecule has 0 aromatic carbocycles. The monoisotopic (exact) mass is 203 g/mol. The van der Waals surface area contributed by atoms with Gasteiger partial charge in [0.05, 0.1) is 6.20 Å². The molecule has 1 aliphatic carbocycles. The van der Waals surface area contributed by atoms with Crippen molar-refractivity contribution in [3.05, 3.63) is 27.7 Å². The second-order valence-electron chi connectivity index (χ2n) is 4.15. The predicted octanol–water partition coefficient (Wildman–Crippen LogP) is 1.14. The lowest BCUT2D eigenvalue weighted by Crippen LogP contribution is -2.19. The smallest absolute Gasteiger partial charge is 0.253 e. The zero-order valence-electron chi connectivity index (χ0n) is 8.71. The Balaban J connectivity index is 2.45. The van der Waals surface area contributed by atoms with Crippen LogP contribution in [0.5, 0.6) is 0 Å². The molecule has 78 valence electrons. The number of hydrogen-bond acceptors (Lipinski definition) is 2. The van der Waals surface area contributed by atoms with Gasteiger partial charge in [-0.2, -0.15) is 5.10 Å². The molecule has 1 aliphatic rings. The van der Waals surface area contributed by atoms with Crippen LogP contribution < -0.4 is 5.56 Å². The quantitative estimate of drug-likeness (QED) is 0.698. The topological polar surface area (TPSA) is 50.7 Å². The van der Waals surface area contributed by atoms with E-state index in [-0.39, 0.29) is 5.56 Å². The molecule has 0 saturated carbocycles. The van der Waals surface area contributed by atoms with Crippen LogP contribution in [0.1, 0.15) is 24.0 Å². The fourth-order valence-electron chi connectivity index (χ4n) is 2.44. The van der Waals surface area contributed by atoms with E-state index in [1.165, 1.54) is 12.0 Å². The molecule has 2 aromatic rings. The maximum Gasteiger partial charge on any atom is 0.253 e. The van der Waals surface area contributed by atoms with Gasteiger partial charge in [-0.1, -0.05) is 0 Å². The van der Waals surface area contributed by atoms with E-state index in [0.29, 0.717) is 0 Å². The molecule has 0 fully saturated rings. The van der Waals surface area contributed by atoms with E-state index < -0.39 is 0 Å². The van der Waals surface area contributed by atoms with Crippen LogP contribution >= 0.6 is 0 Å². The molecule has 1 N–H and O–H groups in total. The van der Waals surface area contributed by atoms with Crippen LogP contribution in [0.4, 0.5) is 0 Å². The van der Waals surface area contributed by atoms with Crippen LogP contribution in [0, 0.1) is 0 Å². The van der Waals surface area contributed by atoms with Crippen LogP contribution in [-0.2, 0) is 19.9 Å². The van der Waals surface area contributed by atoms with E-state index in [2.05, 4.69) is 10.1 Å². The standard InChI is InChI=1S/C11H13N3O/c1-14-10-9(6-12-14)7-4-2-3-5-8(7)11(15)13-10/h6H,2-5H2,1H3,(H,13,15). The maximum atomic E-state index is 11.8. The van der Waals surface area contributed by atoms with Gasteiger partial charge in [-0.15, -0.1) is 0 Å². The molecule has 4 nitrogen and oxygen atoms in total. The number of fused-ring (bicyclic) bond motifs is 3. The van der Waals surface area contributed by atoms with Gasteiger partial charge in [0.25, 0.3) is 5.56 Å². The molecule has 2 heterocycles. The molecule has 0 unspecified atom stereocenters. The number of hydrogen-bond donors (Lipinski definition) is 1. The Morgan fingerprint density at radius 3 is 2.87 bits per heavy atom. The predicted molar refractivity (Wildman–Crippen MR) is 58.0 cm³/mol. The highest BCUT2D eigenvalue weighted by Gasteiger charge is 2.17. The molecule has 0 bridgehead atoms. The molecule has 0 radical (unpaired) electrons. The molecule has 15 heavy (non-hydrogen) atoms. The van der Waals surface area contributed by atoms with E-state index >= 15 is 0 Å². The Hall–Kier alpha value is -1.58. The highest BCUT2D eigenvalue weighted by molar-refractivity contribution is 5.79. The van der Waals surface area contributed by atoms with Gasteiger partial charge in [0.15, 0.2) is 0 Å². The summed E-state index contributed by atoms with van der Waals surface area (Å²) >= 11 is 0. The van der Waals surface area contributed by atoms with Crippen LogP contribution in [0.3, 0.4) is 0 Å². The lowest BCUT2D eigenvalue weighted by Gasteiger charge is -2.14. The average Bonchev–Trinajstić information content (AvgIpc) is 2.62. The minimum atomic E-state index is 0.0702. The van der Waals surface area contributed by atoms with Gasteiger partial charge >= 0.3 is 0 Å². The van der Waals surface area contributed by atoms with E-state index in [1.807, 2.05) is 13.2 Å². The normalized spacial score (nSPS) is 15.5. The molecule has 0 amide bonds. The SMILES string of the molecule is Cn1ncc2c3c(c(=O)[nH]c21)CCCC3. The van der Waals surface area contributed by atoms with Crippen LogP contribution in [-0.4, -0.2) is 14.8 Å². The maximum absolute atomic E-state index is 11.8. The van der Waals surface area contributed by atoms with Crippen molar-refractivity contribution in [1.82, 2.24) is 14.8 Å². The van der Waals surface area contributed by atoms with Gasteiger partial charge in [0.1, 0.15) is 5.65 Å². The Kier molecular flexibility index (Phi) is 1.71. The zero-order chi connectivity index (χ0) is 10.4. The first-order chi connectivity index (χ1) is 7.27. The molecule has 0 saturated heterocycles. The van der Waals surface area contributed by atoms with Crippen LogP contribution in [0.2, 0.25) is 0 Å². The van der Waals surface area contributed by atoms with E-state index in [0.717, 1.165) is 35.9 Å². The molecule has 0 spiro atoms. The van der Waals surface area contributed by atoms with E-state index in [1.54, 1.807) is 4.68 Å². The lowest BCUT2D eigenvalue weighted by molar-refractivity contribution is 0.681. The number of aromatic nitrogens is 3. The highest BCUT2D eigenvalue weighted by atomic mass is 16.1. The average molecular weight is 203 g/mol. The van der Waals surface area contributed by atoms with Crippen molar-refractivity contribution in [2.45, 2.75) is 25.7 Å². The Bertz CT molecular complexity index is 579. The van der Waals surface area contributed by atoms with Crippen molar-refractivity contribution in [3.63, 3.8) is 0 Å². The summed E-state index contributed by atoms with van der Waals surface area (Å²) in [4.78, 5) is 14.7. The molecular formula is C11H13N3O. The van der Waals surface area contributed by atoms with Gasteiger partial charge < -0.3 is 4.98 Å². The first-order valence-corrected chi connectivity index (χ1v) is 5.33. The molecule has 4 heteroatoms. The summed E-state index contributed by atoms with van der Waals surface area (Å²) < 4.78 is 1.73. The highest BCUT2D eigenvalue weighted by Crippen LogP contribution is 2.24. The summed E-state index contributed by atoms with van der Waals surface area (Å²) in [6.07, 6.45) is 6.09. The molecule has 0 aliphatic heterocycles. The largest absolute Gasteiger partial charge is 0.307 e. The summed E-state index contributed by atoms with van der Waals surface area (Å²) in [6.45, 7) is 0. The Labute approximate surface area is 86.9 Å². The summed E-state index contributed by atoms with van der Waals surface area (Å²) in [5.74, 6) is 0. The third kappa shape index (κ3) is 1.14. The third-order valence-corrected chi connectivity index (χ3v) is 3.24. The number of aromatic amines is 1. The fraction of sp³-hybridized carbons (Fsp3) is 0.455. The number of rotatable bonds is 0. The van der Waals surface area contributed by atoms with Gasteiger partial charge in [-0.3, -0.25) is 9.48 Å². The number of aryl methyl sites for hydroxylation is 2. The molecule has 0 atom stereocenters. The van der Waals surface area contributed by atoms with Crippen molar-refractivity contribution < 1.29 is 0 Å². The van der Waals surface area contributed by atoms with Crippen molar-refractivity contribution in [2.24, 2.45) is 7.05 Å². The zero-order valence-corrected chi connectivity index (χ0v) is 8.71. The van der Waals surface area contributed by atoms with Crippen molar-refractivity contribution in [2.75, 3.05) is 0 Å². The fourth-order valence-corrected chi connectivity index (χ4v) is 2.44. The number of nitrogens with one attached hydrogen (secondary N) is 1. The second-order valence-corrected chi connectivity index (χ2v) is 4.15. The third-order valence-electron chi connectivity index (χ3n) is 3.24. The van der Waals surface area contributed by atoms with Gasteiger partial charge in [-0.25, -0.2) is 0 Å². The molecular weight excluding hydrogens is 190 g/mol. The first-order valence-electron chi connectivity index (χ1n) is 5.33. The summed E-state index contributed by atoms with van der Waals surface area (Å²) in [6, 6.07) is 0. The van der Waals surface area contributed by atoms with Crippen molar-refractivity contribution in [1.29, 1.82) is 0 Å². The van der Waals surface area contributed by atoms with E-state index in [9.17, 15) is 4.79 Å². The second kappa shape index (κ2) is 2.95. The molecule has 3 rings (SSSR count). The summed E-state index contributed by atoms with van der Waals surface area (Å²) in [7, 11) is 1.85. The van der Waals surface area contributed by atoms with Crippen LogP contribution in [0.25, 0.3) is 11.0 Å². The number of pyridine rings is 1. The summed E-state index contributed by atoms with van der Waals surface area (Å²) in [5, 5.41) is 5.31. The molecule has 2 aromatic heterocycles. The van der Waals surface area contributed by atoms with E-state index in [4.69, 9.17) is 0 Å². The number of H-pyrrole nitrogens is 1. The minimum absolute atomic E-state index is 0.0702.